The molecule has 15 heavy (non-hydrogen) atoms. The molecule has 2 aromatic rings. The molecule has 0 bridgehead atoms. The highest BCUT2D eigenvalue weighted by molar-refractivity contribution is 7.20. The summed E-state index contributed by atoms with van der Waals surface area (Å²) in [5, 5.41) is 0.950. The van der Waals surface area contributed by atoms with Crippen LogP contribution in [-0.2, 0) is 4.74 Å². The Morgan fingerprint density at radius 3 is 2.87 bits per heavy atom. The van der Waals surface area contributed by atoms with E-state index in [1.54, 1.807) is 18.2 Å². The van der Waals surface area contributed by atoms with Crippen molar-refractivity contribution in [1.82, 2.24) is 0 Å². The number of methoxy groups -OCH3 is 1. The van der Waals surface area contributed by atoms with Gasteiger partial charge in [-0.25, -0.2) is 4.79 Å². The Morgan fingerprint density at radius 2 is 2.20 bits per heavy atom. The summed E-state index contributed by atoms with van der Waals surface area (Å²) >= 11 is 1.33. The summed E-state index contributed by atoms with van der Waals surface area (Å²) in [5.41, 5.74) is 0.612. The lowest BCUT2D eigenvalue weighted by molar-refractivity contribution is 0.0606. The molecule has 2 rings (SSSR count). The molecule has 0 aliphatic rings. The quantitative estimate of drug-likeness (QED) is 0.577. The number of esters is 1. The summed E-state index contributed by atoms with van der Waals surface area (Å²) in [6.45, 7) is 0. The maximum absolute atomic E-state index is 11.3. The molecule has 76 valence electrons. The molecule has 1 aromatic carbocycles. The van der Waals surface area contributed by atoms with Crippen molar-refractivity contribution in [2.45, 2.75) is 0 Å². The molecule has 4 heteroatoms. The smallest absolute Gasteiger partial charge is 0.348 e. The Morgan fingerprint density at radius 1 is 1.40 bits per heavy atom. The molecule has 0 radical (unpaired) electrons. The third kappa shape index (κ3) is 1.76. The van der Waals surface area contributed by atoms with Crippen molar-refractivity contribution in [2.75, 3.05) is 7.11 Å². The van der Waals surface area contributed by atoms with Gasteiger partial charge in [0, 0.05) is 10.3 Å². The van der Waals surface area contributed by atoms with Gasteiger partial charge in [-0.3, -0.25) is 4.79 Å². The summed E-state index contributed by atoms with van der Waals surface area (Å²) in [6.07, 6.45) is 0.789. The first-order valence-electron chi connectivity index (χ1n) is 4.31. The van der Waals surface area contributed by atoms with E-state index in [1.807, 2.05) is 6.07 Å². The molecule has 0 aliphatic carbocycles. The second-order valence-electron chi connectivity index (χ2n) is 3.02. The van der Waals surface area contributed by atoms with Crippen molar-refractivity contribution in [3.63, 3.8) is 0 Å². The van der Waals surface area contributed by atoms with Crippen LogP contribution in [0.2, 0.25) is 0 Å². The van der Waals surface area contributed by atoms with Gasteiger partial charge in [-0.15, -0.1) is 11.3 Å². The first kappa shape index (κ1) is 9.86. The number of carbonyl (C=O) groups is 2. The predicted octanol–water partition coefficient (Wildman–Crippen LogP) is 2.50. The van der Waals surface area contributed by atoms with Crippen LogP contribution in [0.1, 0.15) is 20.0 Å². The van der Waals surface area contributed by atoms with Gasteiger partial charge in [0.25, 0.3) is 0 Å². The second-order valence-corrected chi connectivity index (χ2v) is 4.10. The highest BCUT2D eigenvalue weighted by Crippen LogP contribution is 2.26. The standard InChI is InChI=1S/C11H8O3S/c1-14-11(13)10-5-8-3-2-7(6-12)4-9(8)15-10/h2-6H,1H3. The van der Waals surface area contributed by atoms with Gasteiger partial charge < -0.3 is 4.74 Å². The van der Waals surface area contributed by atoms with E-state index in [0.717, 1.165) is 16.4 Å². The van der Waals surface area contributed by atoms with Crippen LogP contribution in [0.5, 0.6) is 0 Å². The van der Waals surface area contributed by atoms with Gasteiger partial charge in [0.2, 0.25) is 0 Å². The molecule has 0 amide bonds. The summed E-state index contributed by atoms with van der Waals surface area (Å²) < 4.78 is 5.54. The van der Waals surface area contributed by atoms with E-state index >= 15 is 0 Å². The van der Waals surface area contributed by atoms with E-state index in [2.05, 4.69) is 4.74 Å². The van der Waals surface area contributed by atoms with Crippen molar-refractivity contribution in [3.8, 4) is 0 Å². The molecule has 0 aliphatic heterocycles. The molecule has 0 unspecified atom stereocenters. The number of hydrogen-bond donors (Lipinski definition) is 0. The SMILES string of the molecule is COC(=O)c1cc2ccc(C=O)cc2s1. The average Bonchev–Trinajstić information content (AvgIpc) is 2.70. The van der Waals surface area contributed by atoms with Crippen molar-refractivity contribution < 1.29 is 14.3 Å². The van der Waals surface area contributed by atoms with Crippen LogP contribution < -0.4 is 0 Å². The van der Waals surface area contributed by atoms with Crippen LogP contribution in [0.25, 0.3) is 10.1 Å². The van der Waals surface area contributed by atoms with Crippen LogP contribution in [-0.4, -0.2) is 19.4 Å². The number of fused-ring (bicyclic) bond motifs is 1. The van der Waals surface area contributed by atoms with Gasteiger partial charge in [-0.05, 0) is 17.5 Å². The average molecular weight is 220 g/mol. The first-order valence-corrected chi connectivity index (χ1v) is 5.13. The number of benzene rings is 1. The molecule has 1 aromatic heterocycles. The fourth-order valence-corrected chi connectivity index (χ4v) is 2.35. The minimum Gasteiger partial charge on any atom is -0.465 e. The number of ether oxygens (including phenoxy) is 1. The zero-order chi connectivity index (χ0) is 10.8. The molecular formula is C11H8O3S. The Bertz CT molecular complexity index is 528. The van der Waals surface area contributed by atoms with Crippen LogP contribution in [0, 0.1) is 0 Å². The normalized spacial score (nSPS) is 10.2. The van der Waals surface area contributed by atoms with Gasteiger partial charge >= 0.3 is 5.97 Å². The Kier molecular flexibility index (Phi) is 2.51. The number of thiophene rings is 1. The Labute approximate surface area is 90.3 Å². The van der Waals surface area contributed by atoms with E-state index in [9.17, 15) is 9.59 Å². The zero-order valence-corrected chi connectivity index (χ0v) is 8.84. The molecule has 0 spiro atoms. The van der Waals surface area contributed by atoms with Gasteiger partial charge in [0.15, 0.2) is 0 Å². The maximum atomic E-state index is 11.3. The summed E-state index contributed by atoms with van der Waals surface area (Å²) in [6, 6.07) is 7.07. The Hall–Kier alpha value is -1.68. The van der Waals surface area contributed by atoms with Crippen LogP contribution in [0.3, 0.4) is 0 Å². The van der Waals surface area contributed by atoms with Gasteiger partial charge in [0.05, 0.1) is 7.11 Å². The van der Waals surface area contributed by atoms with Crippen molar-refractivity contribution in [2.24, 2.45) is 0 Å². The second kappa shape index (κ2) is 3.82. The molecule has 3 nitrogen and oxygen atoms in total. The lowest BCUT2D eigenvalue weighted by Crippen LogP contribution is -1.96. The molecule has 1 heterocycles. The maximum Gasteiger partial charge on any atom is 0.348 e. The van der Waals surface area contributed by atoms with Gasteiger partial charge in [-0.1, -0.05) is 12.1 Å². The van der Waals surface area contributed by atoms with E-state index in [1.165, 1.54) is 18.4 Å². The third-order valence-corrected chi connectivity index (χ3v) is 3.14. The van der Waals surface area contributed by atoms with Crippen molar-refractivity contribution >= 4 is 33.7 Å². The lowest BCUT2D eigenvalue weighted by atomic mass is 10.2. The van der Waals surface area contributed by atoms with Crippen molar-refractivity contribution in [1.29, 1.82) is 0 Å². The fraction of sp³-hybridized carbons (Fsp3) is 0.0909. The number of rotatable bonds is 2. The number of aldehydes is 1. The minimum atomic E-state index is -0.344. The molecule has 0 saturated carbocycles. The van der Waals surface area contributed by atoms with Crippen molar-refractivity contribution in [3.05, 3.63) is 34.7 Å². The van der Waals surface area contributed by atoms with E-state index in [4.69, 9.17) is 0 Å². The van der Waals surface area contributed by atoms with Crippen LogP contribution in [0.15, 0.2) is 24.3 Å². The van der Waals surface area contributed by atoms with Gasteiger partial charge in [0.1, 0.15) is 11.2 Å². The largest absolute Gasteiger partial charge is 0.465 e. The lowest BCUT2D eigenvalue weighted by Gasteiger charge is -1.90. The fourth-order valence-electron chi connectivity index (χ4n) is 1.32. The first-order chi connectivity index (χ1) is 7.24. The molecule has 0 fully saturated rings. The third-order valence-electron chi connectivity index (χ3n) is 2.07. The minimum absolute atomic E-state index is 0.344. The van der Waals surface area contributed by atoms with E-state index in [-0.39, 0.29) is 5.97 Å². The highest BCUT2D eigenvalue weighted by atomic mass is 32.1. The number of hydrogen-bond acceptors (Lipinski definition) is 4. The van der Waals surface area contributed by atoms with Crippen LogP contribution >= 0.6 is 11.3 Å². The highest BCUT2D eigenvalue weighted by Gasteiger charge is 2.10. The predicted molar refractivity (Wildman–Crippen MR) is 58.6 cm³/mol. The molecule has 0 saturated heterocycles. The van der Waals surface area contributed by atoms with E-state index < -0.39 is 0 Å². The Balaban J connectivity index is 2.55. The molecule has 0 atom stereocenters. The summed E-state index contributed by atoms with van der Waals surface area (Å²) in [5.74, 6) is -0.344. The summed E-state index contributed by atoms with van der Waals surface area (Å²) in [4.78, 5) is 22.4. The van der Waals surface area contributed by atoms with Crippen LogP contribution in [0.4, 0.5) is 0 Å². The molecule has 0 N–H and O–H groups in total. The van der Waals surface area contributed by atoms with E-state index in [0.29, 0.717) is 10.4 Å². The monoisotopic (exact) mass is 220 g/mol. The summed E-state index contributed by atoms with van der Waals surface area (Å²) in [7, 11) is 1.35. The zero-order valence-electron chi connectivity index (χ0n) is 8.02. The topological polar surface area (TPSA) is 43.4 Å². The van der Waals surface area contributed by atoms with Gasteiger partial charge in [-0.2, -0.15) is 0 Å². The number of carbonyl (C=O) groups excluding carboxylic acids is 2. The molecular weight excluding hydrogens is 212 g/mol.